The molecule has 0 aliphatic rings. The Labute approximate surface area is 266 Å². The minimum Gasteiger partial charge on any atom is 1.00 e. The summed E-state index contributed by atoms with van der Waals surface area (Å²) < 4.78 is 0. The Morgan fingerprint density at radius 2 is 0.619 bits per heavy atom. The van der Waals surface area contributed by atoms with Gasteiger partial charge in [0.1, 0.15) is 0 Å². The van der Waals surface area contributed by atoms with Crippen LogP contribution in [0.1, 0.15) is 0 Å². The van der Waals surface area contributed by atoms with Gasteiger partial charge < -0.3 is 0 Å². The quantitative estimate of drug-likeness (QED) is 0.118. The number of halogens is 1. The zero-order valence-corrected chi connectivity index (χ0v) is 27.1. The van der Waals surface area contributed by atoms with Gasteiger partial charge in [0.2, 0.25) is 0 Å². The van der Waals surface area contributed by atoms with E-state index in [2.05, 4.69) is 36.4 Å². The zero-order valence-electron chi connectivity index (χ0n) is 22.9. The van der Waals surface area contributed by atoms with Crippen molar-refractivity contribution in [2.75, 3.05) is 0 Å². The van der Waals surface area contributed by atoms with Gasteiger partial charge in [-0.3, -0.25) is 0 Å². The van der Waals surface area contributed by atoms with Crippen LogP contribution in [0, 0.1) is 0 Å². The van der Waals surface area contributed by atoms with Crippen molar-refractivity contribution < 1.29 is 24.3 Å². The molecule has 6 aromatic carbocycles. The normalized spacial score (nSPS) is 12.4. The van der Waals surface area contributed by atoms with E-state index in [4.69, 9.17) is 11.2 Å². The summed E-state index contributed by atoms with van der Waals surface area (Å²) >= 11 is 8.57. The molecule has 1 nitrogen and oxygen atoms in total. The molecule has 0 spiro atoms. The fraction of sp³-hybridized carbons (Fsp3) is 0. The molecule has 0 atom stereocenters. The van der Waals surface area contributed by atoms with Crippen LogP contribution in [0.5, 0.6) is 0 Å². The largest absolute Gasteiger partial charge is 1.00 e. The summed E-state index contributed by atoms with van der Waals surface area (Å²) in [5, 5.41) is 5.55. The van der Waals surface area contributed by atoms with Crippen molar-refractivity contribution in [1.29, 1.82) is 0 Å². The van der Waals surface area contributed by atoms with Crippen molar-refractivity contribution in [3.63, 3.8) is 0 Å². The maximum Gasteiger partial charge on any atom is 1.00 e. The summed E-state index contributed by atoms with van der Waals surface area (Å²) in [4.78, 5) is 16.6. The second kappa shape index (κ2) is 12.6. The average Bonchev–Trinajstić information content (AvgIpc) is 3.07. The van der Waals surface area contributed by atoms with E-state index < -0.39 is 13.2 Å². The van der Waals surface area contributed by atoms with Crippen LogP contribution >= 0.6 is 24.5 Å². The van der Waals surface area contributed by atoms with Crippen molar-refractivity contribution in [1.82, 2.24) is 0 Å². The number of rotatable bonds is 8. The van der Waals surface area contributed by atoms with E-state index in [9.17, 15) is 0 Å². The topological polar surface area (TPSA) is 17.1 Å². The predicted molar refractivity (Wildman–Crippen MR) is 182 cm³/mol. The number of hydrogen-bond donors (Lipinski definition) is 0. The fourth-order valence-corrected chi connectivity index (χ4v) is 19.5. The summed E-state index contributed by atoms with van der Waals surface area (Å²) in [5.74, 6) is -4.37. The molecular formula is C37H30ClOP2Ru+2. The molecule has 0 aromatic heterocycles. The summed E-state index contributed by atoms with van der Waals surface area (Å²) in [6.45, 7) is 0. The van der Waals surface area contributed by atoms with E-state index in [-0.39, 0.29) is 24.7 Å². The van der Waals surface area contributed by atoms with E-state index in [0.29, 0.717) is 0 Å². The fourth-order valence-electron chi connectivity index (χ4n) is 5.92. The Bertz CT molecular complexity index is 1560. The minimum atomic E-state index is -4.37. The van der Waals surface area contributed by atoms with Gasteiger partial charge in [-0.25, -0.2) is 0 Å². The van der Waals surface area contributed by atoms with E-state index >= 15 is 4.79 Å². The van der Waals surface area contributed by atoms with Crippen LogP contribution in [0.4, 0.5) is 4.79 Å². The molecule has 5 heteroatoms. The summed E-state index contributed by atoms with van der Waals surface area (Å²) in [6, 6.07) is 60.9. The van der Waals surface area contributed by atoms with Crippen LogP contribution in [0.15, 0.2) is 182 Å². The third-order valence-electron chi connectivity index (χ3n) is 7.80. The van der Waals surface area contributed by atoms with Gasteiger partial charge in [-0.05, 0) is 0 Å². The van der Waals surface area contributed by atoms with Gasteiger partial charge >= 0.3 is 268 Å². The molecule has 0 saturated heterocycles. The summed E-state index contributed by atoms with van der Waals surface area (Å²) in [5.41, 5.74) is 0. The average molecular weight is 689 g/mol. The molecule has 0 fully saturated rings. The molecule has 6 rings (SSSR count). The van der Waals surface area contributed by atoms with Gasteiger partial charge in [-0.2, -0.15) is 0 Å². The Hall–Kier alpha value is -3.24. The summed E-state index contributed by atoms with van der Waals surface area (Å²) in [6.07, 6.45) is 0. The van der Waals surface area contributed by atoms with Crippen LogP contribution in [-0.4, -0.2) is 5.27 Å². The molecule has 42 heavy (non-hydrogen) atoms. The van der Waals surface area contributed by atoms with E-state index in [1.807, 2.05) is 146 Å². The first kappa shape index (κ1) is 30.2. The number of carbonyl (C=O) groups excluding carboxylic acids is 1. The molecule has 6 aromatic rings. The first-order valence-electron chi connectivity index (χ1n) is 13.6. The summed E-state index contributed by atoms with van der Waals surface area (Å²) in [7, 11) is -3.04. The number of carbonyl (C=O) groups is 1. The molecular weight excluding hydrogens is 659 g/mol. The Kier molecular flexibility index (Phi) is 9.04. The van der Waals surface area contributed by atoms with E-state index in [1.54, 1.807) is 0 Å². The third-order valence-corrected chi connectivity index (χ3v) is 20.8. The smallest absolute Gasteiger partial charge is 1.00 e. The molecule has 0 aliphatic heterocycles. The molecule has 0 aliphatic carbocycles. The molecule has 0 N–H and O–H groups in total. The first-order valence-corrected chi connectivity index (χ1v) is 18.6. The molecule has 0 unspecified atom stereocenters. The van der Waals surface area contributed by atoms with Gasteiger partial charge in [0.05, 0.1) is 0 Å². The van der Waals surface area contributed by atoms with Crippen LogP contribution < -0.4 is 31.8 Å². The monoisotopic (exact) mass is 689 g/mol. The maximum absolute atomic E-state index is 16.6. The number of hydrogen-bond acceptors (Lipinski definition) is 1. The second-order valence-electron chi connectivity index (χ2n) is 9.98. The Morgan fingerprint density at radius 1 is 0.405 bits per heavy atom. The van der Waals surface area contributed by atoms with Gasteiger partial charge in [-0.15, -0.1) is 0 Å². The van der Waals surface area contributed by atoms with Gasteiger partial charge in [0, 0.05) is 0 Å². The molecule has 0 heterocycles. The standard InChI is InChI=1S/C37H30ClOP2.Ru/c38-41(34-25-13-4-14-26-34,35-27-15-5-16-28-35,36-29-17-6-18-30-36)37(39)40(31-19-7-1-8-20-31,32-21-9-2-10-22-32)33-23-11-3-12-24-33;/h1-30H;/q2*+1. The molecule has 0 bridgehead atoms. The number of benzene rings is 6. The Morgan fingerprint density at radius 3 is 0.857 bits per heavy atom. The molecule has 207 valence electrons. The van der Waals surface area contributed by atoms with Crippen molar-refractivity contribution in [3.8, 4) is 0 Å². The molecule has 0 saturated carbocycles. The van der Waals surface area contributed by atoms with Crippen molar-refractivity contribution in [2.24, 2.45) is 0 Å². The Balaban J connectivity index is 0.00000353. The zero-order chi connectivity index (χ0) is 28.2. The second-order valence-corrected chi connectivity index (χ2v) is 19.6. The van der Waals surface area contributed by atoms with Gasteiger partial charge in [0.15, 0.2) is 0 Å². The van der Waals surface area contributed by atoms with Crippen molar-refractivity contribution in [2.45, 2.75) is 0 Å². The maximum atomic E-state index is 16.6. The first-order chi connectivity index (χ1) is 20.1. The van der Waals surface area contributed by atoms with Crippen LogP contribution in [0.2, 0.25) is 0 Å². The van der Waals surface area contributed by atoms with E-state index in [1.165, 1.54) is 0 Å². The SMILES string of the molecule is O=C([P+](c1ccccc1)(c1ccccc1)c1ccccc1)P(Cl)(c1ccccc1)(c1ccccc1)c1ccccc1.[Ru+]. The minimum absolute atomic E-state index is 0. The predicted octanol–water partition coefficient (Wildman–Crippen LogP) is 7.78. The van der Waals surface area contributed by atoms with Gasteiger partial charge in [0.25, 0.3) is 0 Å². The van der Waals surface area contributed by atoms with Crippen LogP contribution in [0.25, 0.3) is 0 Å². The van der Waals surface area contributed by atoms with Crippen molar-refractivity contribution in [3.05, 3.63) is 182 Å². The molecule has 0 amide bonds. The van der Waals surface area contributed by atoms with Crippen LogP contribution in [-0.2, 0) is 19.5 Å². The van der Waals surface area contributed by atoms with Gasteiger partial charge in [-0.1, -0.05) is 0 Å². The van der Waals surface area contributed by atoms with Crippen LogP contribution in [0.3, 0.4) is 0 Å². The molecule has 1 radical (unpaired) electrons. The third kappa shape index (κ3) is 4.63. The van der Waals surface area contributed by atoms with E-state index in [0.717, 1.165) is 31.8 Å². The van der Waals surface area contributed by atoms with Crippen molar-refractivity contribution >= 4 is 61.6 Å².